The molecule has 1 saturated heterocycles. The first-order valence-electron chi connectivity index (χ1n) is 8.48. The van der Waals surface area contributed by atoms with Crippen LogP contribution in [-0.2, 0) is 9.53 Å². The smallest absolute Gasteiger partial charge is 0.272 e. The minimum atomic E-state index is -1.08. The number of primary amides is 1. The molecule has 1 atom stereocenters. The zero-order valence-corrected chi connectivity index (χ0v) is 14.6. The summed E-state index contributed by atoms with van der Waals surface area (Å²) in [6.45, 7) is 0.727. The van der Waals surface area contributed by atoms with Crippen LogP contribution in [0.15, 0.2) is 48.7 Å². The minimum Gasteiger partial charge on any atom is -0.490 e. The maximum absolute atomic E-state index is 13.0. The van der Waals surface area contributed by atoms with Gasteiger partial charge < -0.3 is 20.1 Å². The standard InChI is InChI=1S/C19H20FN3O4/c20-14-4-6-15(7-5-14)26-13-19(11-17(21)24)12-23(9-10-27-19)18(25)16-3-1-2-8-22-16/h1-8H,9-13H2,(H2,21,24)/t19-/m1/s1. The van der Waals surface area contributed by atoms with Crippen LogP contribution in [0.3, 0.4) is 0 Å². The van der Waals surface area contributed by atoms with E-state index in [4.69, 9.17) is 15.2 Å². The van der Waals surface area contributed by atoms with Gasteiger partial charge in [0.2, 0.25) is 5.91 Å². The molecule has 142 valence electrons. The molecule has 27 heavy (non-hydrogen) atoms. The Balaban J connectivity index is 1.75. The maximum atomic E-state index is 13.0. The molecular weight excluding hydrogens is 353 g/mol. The van der Waals surface area contributed by atoms with Gasteiger partial charge >= 0.3 is 0 Å². The van der Waals surface area contributed by atoms with Gasteiger partial charge in [-0.05, 0) is 36.4 Å². The molecule has 1 aliphatic heterocycles. The van der Waals surface area contributed by atoms with Gasteiger partial charge in [-0.2, -0.15) is 0 Å². The van der Waals surface area contributed by atoms with E-state index in [9.17, 15) is 14.0 Å². The predicted molar refractivity (Wildman–Crippen MR) is 94.5 cm³/mol. The predicted octanol–water partition coefficient (Wildman–Crippen LogP) is 1.39. The van der Waals surface area contributed by atoms with Crippen molar-refractivity contribution >= 4 is 11.8 Å². The number of ether oxygens (including phenoxy) is 2. The highest BCUT2D eigenvalue weighted by Crippen LogP contribution is 2.25. The Kier molecular flexibility index (Phi) is 5.66. The van der Waals surface area contributed by atoms with Gasteiger partial charge in [0.05, 0.1) is 19.6 Å². The Morgan fingerprint density at radius 2 is 2.04 bits per heavy atom. The fraction of sp³-hybridized carbons (Fsp3) is 0.316. The van der Waals surface area contributed by atoms with E-state index in [0.29, 0.717) is 18.0 Å². The van der Waals surface area contributed by atoms with E-state index in [2.05, 4.69) is 4.98 Å². The number of carbonyl (C=O) groups is 2. The highest BCUT2D eigenvalue weighted by atomic mass is 19.1. The van der Waals surface area contributed by atoms with Crippen molar-refractivity contribution in [3.05, 3.63) is 60.2 Å². The summed E-state index contributed by atoms with van der Waals surface area (Å²) in [7, 11) is 0. The molecule has 1 aliphatic rings. The number of hydrogen-bond donors (Lipinski definition) is 1. The third-order valence-corrected chi connectivity index (χ3v) is 4.23. The number of rotatable bonds is 6. The largest absolute Gasteiger partial charge is 0.490 e. The summed E-state index contributed by atoms with van der Waals surface area (Å²) in [6.07, 6.45) is 1.43. The highest BCUT2D eigenvalue weighted by Gasteiger charge is 2.41. The zero-order chi connectivity index (χ0) is 19.3. The van der Waals surface area contributed by atoms with Crippen LogP contribution >= 0.6 is 0 Å². The number of amides is 2. The van der Waals surface area contributed by atoms with Crippen molar-refractivity contribution in [1.29, 1.82) is 0 Å². The van der Waals surface area contributed by atoms with Gasteiger partial charge in [0, 0.05) is 12.7 Å². The molecule has 1 fully saturated rings. The lowest BCUT2D eigenvalue weighted by Crippen LogP contribution is -2.58. The van der Waals surface area contributed by atoms with Crippen LogP contribution in [0.25, 0.3) is 0 Å². The quantitative estimate of drug-likeness (QED) is 0.826. The fourth-order valence-corrected chi connectivity index (χ4v) is 2.98. The number of aromatic nitrogens is 1. The van der Waals surface area contributed by atoms with E-state index in [1.807, 2.05) is 0 Å². The third-order valence-electron chi connectivity index (χ3n) is 4.23. The van der Waals surface area contributed by atoms with Crippen LogP contribution in [0, 0.1) is 5.82 Å². The molecule has 2 amide bonds. The third kappa shape index (κ3) is 4.79. The van der Waals surface area contributed by atoms with Crippen molar-refractivity contribution in [2.45, 2.75) is 12.0 Å². The monoisotopic (exact) mass is 373 g/mol. The molecule has 1 aromatic heterocycles. The van der Waals surface area contributed by atoms with Crippen molar-refractivity contribution in [3.8, 4) is 5.75 Å². The molecule has 0 bridgehead atoms. The number of pyridine rings is 1. The van der Waals surface area contributed by atoms with Gasteiger partial charge in [0.15, 0.2) is 0 Å². The van der Waals surface area contributed by atoms with E-state index in [1.54, 1.807) is 29.3 Å². The van der Waals surface area contributed by atoms with Gasteiger partial charge in [0.25, 0.3) is 5.91 Å². The van der Waals surface area contributed by atoms with E-state index in [-0.39, 0.29) is 37.9 Å². The number of halogens is 1. The van der Waals surface area contributed by atoms with E-state index in [1.165, 1.54) is 24.3 Å². The molecule has 0 spiro atoms. The summed E-state index contributed by atoms with van der Waals surface area (Å²) in [4.78, 5) is 29.9. The lowest BCUT2D eigenvalue weighted by molar-refractivity contribution is -0.142. The molecule has 8 heteroatoms. The topological polar surface area (TPSA) is 94.8 Å². The lowest BCUT2D eigenvalue weighted by atomic mass is 9.97. The number of nitrogens with zero attached hydrogens (tertiary/aromatic N) is 2. The van der Waals surface area contributed by atoms with E-state index in [0.717, 1.165) is 0 Å². The summed E-state index contributed by atoms with van der Waals surface area (Å²) < 4.78 is 24.5. The Morgan fingerprint density at radius 1 is 1.26 bits per heavy atom. The maximum Gasteiger partial charge on any atom is 0.272 e. The number of morpholine rings is 1. The summed E-state index contributed by atoms with van der Waals surface area (Å²) in [5.41, 5.74) is 4.62. The first-order valence-corrected chi connectivity index (χ1v) is 8.48. The fourth-order valence-electron chi connectivity index (χ4n) is 2.98. The second-order valence-corrected chi connectivity index (χ2v) is 6.36. The first kappa shape index (κ1) is 18.8. The lowest BCUT2D eigenvalue weighted by Gasteiger charge is -2.41. The Bertz CT molecular complexity index is 800. The molecule has 0 aliphatic carbocycles. The van der Waals surface area contributed by atoms with Crippen LogP contribution < -0.4 is 10.5 Å². The van der Waals surface area contributed by atoms with Gasteiger partial charge in [0.1, 0.15) is 29.5 Å². The molecule has 1 aromatic carbocycles. The molecule has 2 N–H and O–H groups in total. The van der Waals surface area contributed by atoms with Gasteiger partial charge in [-0.15, -0.1) is 0 Å². The van der Waals surface area contributed by atoms with Crippen molar-refractivity contribution in [2.24, 2.45) is 5.73 Å². The number of benzene rings is 1. The summed E-state index contributed by atoms with van der Waals surface area (Å²) in [5.74, 6) is -0.772. The van der Waals surface area contributed by atoms with Crippen molar-refractivity contribution < 1.29 is 23.5 Å². The summed E-state index contributed by atoms with van der Waals surface area (Å²) >= 11 is 0. The Morgan fingerprint density at radius 3 is 2.70 bits per heavy atom. The summed E-state index contributed by atoms with van der Waals surface area (Å²) in [6, 6.07) is 10.6. The van der Waals surface area contributed by atoms with Crippen molar-refractivity contribution in [2.75, 3.05) is 26.3 Å². The molecule has 0 radical (unpaired) electrons. The molecule has 2 heterocycles. The molecule has 0 unspecified atom stereocenters. The van der Waals surface area contributed by atoms with Gasteiger partial charge in [-0.3, -0.25) is 14.6 Å². The normalized spacial score (nSPS) is 19.5. The van der Waals surface area contributed by atoms with Crippen LogP contribution in [0.4, 0.5) is 4.39 Å². The average Bonchev–Trinajstić information content (AvgIpc) is 2.67. The summed E-state index contributed by atoms with van der Waals surface area (Å²) in [5, 5.41) is 0. The van der Waals surface area contributed by atoms with Crippen LogP contribution in [0.5, 0.6) is 5.75 Å². The van der Waals surface area contributed by atoms with Crippen LogP contribution in [-0.4, -0.2) is 53.6 Å². The first-order chi connectivity index (χ1) is 13.0. The Labute approximate surface area is 155 Å². The number of hydrogen-bond acceptors (Lipinski definition) is 5. The van der Waals surface area contributed by atoms with E-state index >= 15 is 0 Å². The van der Waals surface area contributed by atoms with Crippen molar-refractivity contribution in [1.82, 2.24) is 9.88 Å². The van der Waals surface area contributed by atoms with Gasteiger partial charge in [-0.25, -0.2) is 4.39 Å². The molecule has 3 rings (SSSR count). The number of nitrogens with two attached hydrogens (primary N) is 1. The van der Waals surface area contributed by atoms with Crippen molar-refractivity contribution in [3.63, 3.8) is 0 Å². The molecule has 7 nitrogen and oxygen atoms in total. The molecule has 0 saturated carbocycles. The SMILES string of the molecule is NC(=O)C[C@]1(COc2ccc(F)cc2)CN(C(=O)c2ccccn2)CCO1. The second kappa shape index (κ2) is 8.13. The van der Waals surface area contributed by atoms with Crippen LogP contribution in [0.2, 0.25) is 0 Å². The van der Waals surface area contributed by atoms with Crippen LogP contribution in [0.1, 0.15) is 16.9 Å². The highest BCUT2D eigenvalue weighted by molar-refractivity contribution is 5.92. The van der Waals surface area contributed by atoms with E-state index < -0.39 is 11.5 Å². The number of carbonyl (C=O) groups excluding carboxylic acids is 2. The zero-order valence-electron chi connectivity index (χ0n) is 14.6. The molecule has 2 aromatic rings. The Hall–Kier alpha value is -3.00. The average molecular weight is 373 g/mol. The van der Waals surface area contributed by atoms with Gasteiger partial charge in [-0.1, -0.05) is 6.07 Å². The molecular formula is C19H20FN3O4. The second-order valence-electron chi connectivity index (χ2n) is 6.36. The minimum absolute atomic E-state index is 0.00638.